The lowest BCUT2D eigenvalue weighted by molar-refractivity contribution is -0.116. The fraction of sp³-hybridized carbons (Fsp3) is 0.263. The van der Waals surface area contributed by atoms with Gasteiger partial charge in [0, 0.05) is 19.0 Å². The zero-order valence-corrected chi connectivity index (χ0v) is 14.8. The normalized spacial score (nSPS) is 10.3. The monoisotopic (exact) mass is 344 g/mol. The standard InChI is InChI=1S/C19H21ClN2O2/c1-12-4-5-15(13(2)10-12)6-9-19(24)22-16-7-8-17(20)18(11-16)21-14(3)23/h4-5,7-8,10-11H,6,9H2,1-3H3,(H,21,23)(H,22,24). The molecule has 2 N–H and O–H groups in total. The van der Waals surface area contributed by atoms with Crippen molar-refractivity contribution in [1.29, 1.82) is 0 Å². The van der Waals surface area contributed by atoms with Crippen LogP contribution in [-0.4, -0.2) is 11.8 Å². The molecule has 5 heteroatoms. The maximum atomic E-state index is 12.2. The second kappa shape index (κ2) is 7.97. The summed E-state index contributed by atoms with van der Waals surface area (Å²) in [5.41, 5.74) is 4.67. The highest BCUT2D eigenvalue weighted by molar-refractivity contribution is 6.33. The van der Waals surface area contributed by atoms with Crippen molar-refractivity contribution in [3.8, 4) is 0 Å². The molecule has 4 nitrogen and oxygen atoms in total. The van der Waals surface area contributed by atoms with Crippen molar-refractivity contribution < 1.29 is 9.59 Å². The van der Waals surface area contributed by atoms with Crippen LogP contribution in [0.5, 0.6) is 0 Å². The van der Waals surface area contributed by atoms with E-state index in [9.17, 15) is 9.59 Å². The third kappa shape index (κ3) is 5.10. The number of rotatable bonds is 5. The van der Waals surface area contributed by atoms with Gasteiger partial charge >= 0.3 is 0 Å². The van der Waals surface area contributed by atoms with E-state index in [1.54, 1.807) is 18.2 Å². The summed E-state index contributed by atoms with van der Waals surface area (Å²) < 4.78 is 0. The average molecular weight is 345 g/mol. The van der Waals surface area contributed by atoms with Crippen molar-refractivity contribution in [2.45, 2.75) is 33.6 Å². The maximum absolute atomic E-state index is 12.2. The molecule has 0 aliphatic heterocycles. The van der Waals surface area contributed by atoms with Gasteiger partial charge in [-0.25, -0.2) is 0 Å². The quantitative estimate of drug-likeness (QED) is 0.839. The molecule has 2 aromatic carbocycles. The van der Waals surface area contributed by atoms with Gasteiger partial charge in [-0.05, 0) is 49.6 Å². The molecule has 0 fully saturated rings. The number of hydrogen-bond donors (Lipinski definition) is 2. The van der Waals surface area contributed by atoms with Gasteiger partial charge in [-0.3, -0.25) is 9.59 Å². The first-order valence-electron chi connectivity index (χ1n) is 7.78. The van der Waals surface area contributed by atoms with Gasteiger partial charge in [0.15, 0.2) is 0 Å². The van der Waals surface area contributed by atoms with Gasteiger partial charge < -0.3 is 10.6 Å². The van der Waals surface area contributed by atoms with E-state index < -0.39 is 0 Å². The Balaban J connectivity index is 1.98. The highest BCUT2D eigenvalue weighted by Crippen LogP contribution is 2.25. The lowest BCUT2D eigenvalue weighted by Gasteiger charge is -2.10. The van der Waals surface area contributed by atoms with Crippen molar-refractivity contribution in [1.82, 2.24) is 0 Å². The van der Waals surface area contributed by atoms with E-state index in [2.05, 4.69) is 42.7 Å². The minimum Gasteiger partial charge on any atom is -0.326 e. The molecule has 0 heterocycles. The van der Waals surface area contributed by atoms with Crippen LogP contribution in [0.4, 0.5) is 11.4 Å². The lowest BCUT2D eigenvalue weighted by Crippen LogP contribution is -2.13. The summed E-state index contributed by atoms with van der Waals surface area (Å²) >= 11 is 6.02. The predicted octanol–water partition coefficient (Wildman–Crippen LogP) is 4.49. The molecule has 0 radical (unpaired) electrons. The number of nitrogens with one attached hydrogen (secondary N) is 2. The van der Waals surface area contributed by atoms with E-state index in [0.29, 0.717) is 29.2 Å². The fourth-order valence-corrected chi connectivity index (χ4v) is 2.65. The molecule has 0 saturated carbocycles. The van der Waals surface area contributed by atoms with E-state index in [0.717, 1.165) is 0 Å². The van der Waals surface area contributed by atoms with Crippen LogP contribution in [0.3, 0.4) is 0 Å². The van der Waals surface area contributed by atoms with E-state index in [1.807, 2.05) is 0 Å². The molecule has 0 spiro atoms. The Kier molecular flexibility index (Phi) is 5.99. The number of carbonyl (C=O) groups is 2. The summed E-state index contributed by atoms with van der Waals surface area (Å²) in [5, 5.41) is 5.90. The van der Waals surface area contributed by atoms with Crippen LogP contribution in [0.2, 0.25) is 5.02 Å². The second-order valence-electron chi connectivity index (χ2n) is 5.85. The Hall–Kier alpha value is -2.33. The summed E-state index contributed by atoms with van der Waals surface area (Å²) in [6, 6.07) is 11.2. The van der Waals surface area contributed by atoms with Crippen LogP contribution in [0.1, 0.15) is 30.0 Å². The van der Waals surface area contributed by atoms with Crippen molar-refractivity contribution in [3.05, 3.63) is 58.1 Å². The van der Waals surface area contributed by atoms with Gasteiger partial charge in [0.1, 0.15) is 0 Å². The molecule has 0 atom stereocenters. The first-order valence-corrected chi connectivity index (χ1v) is 8.16. The molecule has 0 aliphatic rings. The molecule has 0 bridgehead atoms. The summed E-state index contributed by atoms with van der Waals surface area (Å²) in [6.45, 7) is 5.52. The van der Waals surface area contributed by atoms with Crippen LogP contribution < -0.4 is 10.6 Å². The Morgan fingerprint density at radius 1 is 1.04 bits per heavy atom. The molecule has 126 valence electrons. The van der Waals surface area contributed by atoms with Crippen molar-refractivity contribution in [2.24, 2.45) is 0 Å². The largest absolute Gasteiger partial charge is 0.326 e. The summed E-state index contributed by atoms with van der Waals surface area (Å²) in [5.74, 6) is -0.290. The lowest BCUT2D eigenvalue weighted by atomic mass is 10.0. The molecule has 0 saturated heterocycles. The zero-order valence-electron chi connectivity index (χ0n) is 14.1. The number of hydrogen-bond acceptors (Lipinski definition) is 2. The molecular formula is C19H21ClN2O2. The summed E-state index contributed by atoms with van der Waals surface area (Å²) in [4.78, 5) is 23.3. The minimum absolute atomic E-state index is 0.0777. The van der Waals surface area contributed by atoms with Gasteiger partial charge in [-0.15, -0.1) is 0 Å². The van der Waals surface area contributed by atoms with Crippen LogP contribution in [0.25, 0.3) is 0 Å². The molecule has 2 amide bonds. The fourth-order valence-electron chi connectivity index (χ4n) is 2.49. The second-order valence-corrected chi connectivity index (χ2v) is 6.26. The molecular weight excluding hydrogens is 324 g/mol. The number of carbonyl (C=O) groups excluding carboxylic acids is 2. The van der Waals surface area contributed by atoms with Crippen molar-refractivity contribution in [3.63, 3.8) is 0 Å². The predicted molar refractivity (Wildman–Crippen MR) is 98.6 cm³/mol. The first-order chi connectivity index (χ1) is 11.3. The molecule has 0 aromatic heterocycles. The SMILES string of the molecule is CC(=O)Nc1cc(NC(=O)CCc2ccc(C)cc2C)ccc1Cl. The number of amides is 2. The van der Waals surface area contributed by atoms with Gasteiger partial charge in [0.25, 0.3) is 0 Å². The van der Waals surface area contributed by atoms with Crippen LogP contribution >= 0.6 is 11.6 Å². The summed E-state index contributed by atoms with van der Waals surface area (Å²) in [6.07, 6.45) is 1.08. The average Bonchev–Trinajstić information content (AvgIpc) is 2.49. The number of aryl methyl sites for hydroxylation is 3. The molecule has 2 aromatic rings. The Morgan fingerprint density at radius 2 is 1.79 bits per heavy atom. The van der Waals surface area contributed by atoms with Gasteiger partial charge in [-0.1, -0.05) is 35.4 Å². The minimum atomic E-state index is -0.213. The zero-order chi connectivity index (χ0) is 17.7. The van der Waals surface area contributed by atoms with E-state index in [-0.39, 0.29) is 11.8 Å². The molecule has 24 heavy (non-hydrogen) atoms. The third-order valence-corrected chi connectivity index (χ3v) is 4.01. The molecule has 2 rings (SSSR count). The van der Waals surface area contributed by atoms with Gasteiger partial charge in [0.2, 0.25) is 11.8 Å². The van der Waals surface area contributed by atoms with Crippen molar-refractivity contribution in [2.75, 3.05) is 10.6 Å². The molecule has 0 aliphatic carbocycles. The van der Waals surface area contributed by atoms with Crippen LogP contribution in [0.15, 0.2) is 36.4 Å². The van der Waals surface area contributed by atoms with Crippen molar-refractivity contribution >= 4 is 34.8 Å². The Bertz CT molecular complexity index is 772. The van der Waals surface area contributed by atoms with E-state index in [1.165, 1.54) is 23.6 Å². The van der Waals surface area contributed by atoms with Gasteiger partial charge in [0.05, 0.1) is 10.7 Å². The Morgan fingerprint density at radius 3 is 2.46 bits per heavy atom. The topological polar surface area (TPSA) is 58.2 Å². The Labute approximate surface area is 147 Å². The number of benzene rings is 2. The summed E-state index contributed by atoms with van der Waals surface area (Å²) in [7, 11) is 0. The molecule has 0 unspecified atom stereocenters. The van der Waals surface area contributed by atoms with E-state index in [4.69, 9.17) is 11.6 Å². The van der Waals surface area contributed by atoms with Gasteiger partial charge in [-0.2, -0.15) is 0 Å². The number of halogens is 1. The van der Waals surface area contributed by atoms with Crippen LogP contribution in [0, 0.1) is 13.8 Å². The third-order valence-electron chi connectivity index (χ3n) is 3.68. The highest BCUT2D eigenvalue weighted by Gasteiger charge is 2.08. The van der Waals surface area contributed by atoms with E-state index >= 15 is 0 Å². The highest BCUT2D eigenvalue weighted by atomic mass is 35.5. The smallest absolute Gasteiger partial charge is 0.224 e. The number of anilines is 2. The maximum Gasteiger partial charge on any atom is 0.224 e. The first kappa shape index (κ1) is 18.0. The van der Waals surface area contributed by atoms with Crippen LogP contribution in [-0.2, 0) is 16.0 Å².